The van der Waals surface area contributed by atoms with Gasteiger partial charge in [-0.2, -0.15) is 0 Å². The molecule has 1 aliphatic rings. The highest BCUT2D eigenvalue weighted by Gasteiger charge is 2.33. The Balaban J connectivity index is 2.07. The SMILES string of the molecule is COCCNCC1(c2ccc(Cl)cc2)CCCCC1. The van der Waals surface area contributed by atoms with Crippen LogP contribution in [0.15, 0.2) is 24.3 Å². The molecular formula is C16H24ClNO. The Morgan fingerprint density at radius 1 is 1.16 bits per heavy atom. The summed E-state index contributed by atoms with van der Waals surface area (Å²) in [7, 11) is 1.75. The maximum Gasteiger partial charge on any atom is 0.0587 e. The van der Waals surface area contributed by atoms with Gasteiger partial charge in [-0.1, -0.05) is 43.0 Å². The minimum atomic E-state index is 0.288. The number of rotatable bonds is 6. The third-order valence-electron chi connectivity index (χ3n) is 4.21. The first-order chi connectivity index (χ1) is 9.27. The van der Waals surface area contributed by atoms with Crippen LogP contribution in [0.3, 0.4) is 0 Å². The molecule has 0 aromatic heterocycles. The van der Waals surface area contributed by atoms with Gasteiger partial charge in [-0.25, -0.2) is 0 Å². The van der Waals surface area contributed by atoms with Crippen LogP contribution in [0.4, 0.5) is 0 Å². The number of hydrogen-bond acceptors (Lipinski definition) is 2. The molecule has 1 saturated carbocycles. The molecule has 0 radical (unpaired) electrons. The molecule has 0 spiro atoms. The fraction of sp³-hybridized carbons (Fsp3) is 0.625. The second-order valence-electron chi connectivity index (χ2n) is 5.52. The molecule has 0 bridgehead atoms. The fourth-order valence-corrected chi connectivity index (χ4v) is 3.23. The van der Waals surface area contributed by atoms with E-state index in [0.29, 0.717) is 0 Å². The number of ether oxygens (including phenoxy) is 1. The number of halogens is 1. The standard InChI is InChI=1S/C16H24ClNO/c1-19-12-11-18-13-16(9-3-2-4-10-16)14-5-7-15(17)8-6-14/h5-8,18H,2-4,9-13H2,1H3. The van der Waals surface area contributed by atoms with Crippen molar-refractivity contribution in [3.8, 4) is 0 Å². The molecule has 19 heavy (non-hydrogen) atoms. The van der Waals surface area contributed by atoms with Crippen LogP contribution in [-0.2, 0) is 10.2 Å². The second kappa shape index (κ2) is 7.28. The van der Waals surface area contributed by atoms with Crippen LogP contribution in [0.5, 0.6) is 0 Å². The Bertz CT molecular complexity index is 371. The minimum absolute atomic E-state index is 0.288. The molecule has 3 heteroatoms. The lowest BCUT2D eigenvalue weighted by Gasteiger charge is -2.38. The van der Waals surface area contributed by atoms with Crippen LogP contribution in [0.25, 0.3) is 0 Å². The molecular weight excluding hydrogens is 258 g/mol. The molecule has 0 saturated heterocycles. The van der Waals surface area contributed by atoms with E-state index >= 15 is 0 Å². The Morgan fingerprint density at radius 2 is 1.84 bits per heavy atom. The van der Waals surface area contributed by atoms with Crippen molar-refractivity contribution in [3.63, 3.8) is 0 Å². The summed E-state index contributed by atoms with van der Waals surface area (Å²) in [5.41, 5.74) is 1.72. The van der Waals surface area contributed by atoms with Gasteiger partial charge in [0.2, 0.25) is 0 Å². The summed E-state index contributed by atoms with van der Waals surface area (Å²) in [6.07, 6.45) is 6.57. The highest BCUT2D eigenvalue weighted by Crippen LogP contribution is 2.39. The van der Waals surface area contributed by atoms with Gasteiger partial charge >= 0.3 is 0 Å². The lowest BCUT2D eigenvalue weighted by Crippen LogP contribution is -2.40. The molecule has 1 fully saturated rings. The predicted molar refractivity (Wildman–Crippen MR) is 81.0 cm³/mol. The van der Waals surface area contributed by atoms with Crippen LogP contribution in [0.2, 0.25) is 5.02 Å². The summed E-state index contributed by atoms with van der Waals surface area (Å²) in [6, 6.07) is 8.43. The van der Waals surface area contributed by atoms with Gasteiger partial charge in [-0.05, 0) is 30.5 Å². The monoisotopic (exact) mass is 281 g/mol. The zero-order valence-electron chi connectivity index (χ0n) is 11.8. The first-order valence-corrected chi connectivity index (χ1v) is 7.60. The van der Waals surface area contributed by atoms with Gasteiger partial charge in [0, 0.05) is 30.6 Å². The molecule has 1 aliphatic carbocycles. The summed E-state index contributed by atoms with van der Waals surface area (Å²) in [5, 5.41) is 4.37. The van der Waals surface area contributed by atoms with E-state index in [-0.39, 0.29) is 5.41 Å². The van der Waals surface area contributed by atoms with Crippen molar-refractivity contribution in [3.05, 3.63) is 34.9 Å². The van der Waals surface area contributed by atoms with E-state index < -0.39 is 0 Å². The molecule has 2 nitrogen and oxygen atoms in total. The van der Waals surface area contributed by atoms with E-state index in [1.807, 2.05) is 12.1 Å². The average molecular weight is 282 g/mol. The number of nitrogens with one attached hydrogen (secondary N) is 1. The summed E-state index contributed by atoms with van der Waals surface area (Å²) in [4.78, 5) is 0. The van der Waals surface area contributed by atoms with Gasteiger partial charge in [-0.3, -0.25) is 0 Å². The van der Waals surface area contributed by atoms with E-state index in [0.717, 1.165) is 24.7 Å². The molecule has 1 aromatic carbocycles. The van der Waals surface area contributed by atoms with Crippen molar-refractivity contribution < 1.29 is 4.74 Å². The smallest absolute Gasteiger partial charge is 0.0587 e. The number of methoxy groups -OCH3 is 1. The van der Waals surface area contributed by atoms with E-state index in [1.54, 1.807) is 7.11 Å². The van der Waals surface area contributed by atoms with E-state index in [1.165, 1.54) is 37.7 Å². The lowest BCUT2D eigenvalue weighted by molar-refractivity contribution is 0.192. The Kier molecular flexibility index (Phi) is 5.68. The minimum Gasteiger partial charge on any atom is -0.383 e. The normalized spacial score (nSPS) is 18.4. The Morgan fingerprint density at radius 3 is 2.47 bits per heavy atom. The van der Waals surface area contributed by atoms with E-state index in [4.69, 9.17) is 16.3 Å². The quantitative estimate of drug-likeness (QED) is 0.802. The average Bonchev–Trinajstić information content (AvgIpc) is 2.45. The van der Waals surface area contributed by atoms with Crippen LogP contribution >= 0.6 is 11.6 Å². The van der Waals surface area contributed by atoms with Crippen molar-refractivity contribution >= 4 is 11.6 Å². The second-order valence-corrected chi connectivity index (χ2v) is 5.95. The van der Waals surface area contributed by atoms with Crippen molar-refractivity contribution in [2.75, 3.05) is 26.8 Å². The summed E-state index contributed by atoms with van der Waals surface area (Å²) in [6.45, 7) is 2.74. The van der Waals surface area contributed by atoms with Gasteiger partial charge in [0.1, 0.15) is 0 Å². The largest absolute Gasteiger partial charge is 0.383 e. The van der Waals surface area contributed by atoms with Crippen LogP contribution < -0.4 is 5.32 Å². The summed E-state index contributed by atoms with van der Waals surface area (Å²) < 4.78 is 5.11. The van der Waals surface area contributed by atoms with Crippen LogP contribution in [-0.4, -0.2) is 26.8 Å². The molecule has 0 unspecified atom stereocenters. The fourth-order valence-electron chi connectivity index (χ4n) is 3.10. The van der Waals surface area contributed by atoms with Gasteiger partial charge < -0.3 is 10.1 Å². The van der Waals surface area contributed by atoms with Crippen molar-refractivity contribution in [2.24, 2.45) is 0 Å². The topological polar surface area (TPSA) is 21.3 Å². The maximum absolute atomic E-state index is 6.01. The molecule has 106 valence electrons. The van der Waals surface area contributed by atoms with E-state index in [9.17, 15) is 0 Å². The van der Waals surface area contributed by atoms with Crippen molar-refractivity contribution in [1.82, 2.24) is 5.32 Å². The van der Waals surface area contributed by atoms with Crippen LogP contribution in [0, 0.1) is 0 Å². The molecule has 0 atom stereocenters. The molecule has 0 heterocycles. The van der Waals surface area contributed by atoms with Crippen molar-refractivity contribution in [1.29, 1.82) is 0 Å². The third-order valence-corrected chi connectivity index (χ3v) is 4.47. The Labute approximate surface area is 121 Å². The van der Waals surface area contributed by atoms with Gasteiger partial charge in [0.05, 0.1) is 6.61 Å². The highest BCUT2D eigenvalue weighted by atomic mass is 35.5. The molecule has 2 rings (SSSR count). The Hall–Kier alpha value is -0.570. The zero-order valence-corrected chi connectivity index (χ0v) is 12.5. The molecule has 1 aromatic rings. The number of hydrogen-bond donors (Lipinski definition) is 1. The highest BCUT2D eigenvalue weighted by molar-refractivity contribution is 6.30. The first kappa shape index (κ1) is 14.8. The molecule has 1 N–H and O–H groups in total. The maximum atomic E-state index is 6.01. The van der Waals surface area contributed by atoms with Gasteiger partial charge in [0.15, 0.2) is 0 Å². The molecule has 0 amide bonds. The first-order valence-electron chi connectivity index (χ1n) is 7.23. The third kappa shape index (κ3) is 3.95. The summed E-state index contributed by atoms with van der Waals surface area (Å²) >= 11 is 6.01. The van der Waals surface area contributed by atoms with Gasteiger partial charge in [-0.15, -0.1) is 0 Å². The summed E-state index contributed by atoms with van der Waals surface area (Å²) in [5.74, 6) is 0. The predicted octanol–water partition coefficient (Wildman–Crippen LogP) is 3.78. The lowest BCUT2D eigenvalue weighted by atomic mass is 9.69. The number of benzene rings is 1. The molecule has 0 aliphatic heterocycles. The van der Waals surface area contributed by atoms with Crippen molar-refractivity contribution in [2.45, 2.75) is 37.5 Å². The van der Waals surface area contributed by atoms with Gasteiger partial charge in [0.25, 0.3) is 0 Å². The van der Waals surface area contributed by atoms with E-state index in [2.05, 4.69) is 17.4 Å². The zero-order chi connectivity index (χ0) is 13.6. The van der Waals surface area contributed by atoms with Crippen LogP contribution in [0.1, 0.15) is 37.7 Å².